The van der Waals surface area contributed by atoms with Crippen LogP contribution in [0.3, 0.4) is 0 Å². The lowest BCUT2D eigenvalue weighted by atomic mass is 10.0. The predicted molar refractivity (Wildman–Crippen MR) is 87.5 cm³/mol. The Balaban J connectivity index is 3.01. The summed E-state index contributed by atoms with van der Waals surface area (Å²) >= 11 is 11.4. The van der Waals surface area contributed by atoms with Crippen molar-refractivity contribution in [2.45, 2.75) is 88.3 Å². The van der Waals surface area contributed by atoms with Crippen molar-refractivity contribution in [3.63, 3.8) is 0 Å². The molecule has 0 saturated carbocycles. The molecule has 0 rings (SSSR count). The summed E-state index contributed by atoms with van der Waals surface area (Å²) in [5, 5.41) is 0. The molecule has 0 amide bonds. The van der Waals surface area contributed by atoms with Gasteiger partial charge in [-0.05, 0) is 12.8 Å². The number of methoxy groups -OCH3 is 1. The van der Waals surface area contributed by atoms with Crippen LogP contribution < -0.4 is 0 Å². The zero-order chi connectivity index (χ0) is 15.1. The van der Waals surface area contributed by atoms with Gasteiger partial charge in [0.2, 0.25) is 0 Å². The molecule has 0 spiro atoms. The Morgan fingerprint density at radius 2 is 1.20 bits per heavy atom. The number of carbonyl (C=O) groups excluding carboxylic acids is 1. The summed E-state index contributed by atoms with van der Waals surface area (Å²) in [6, 6.07) is 0. The monoisotopic (exact) mass is 324 g/mol. The van der Waals surface area contributed by atoms with Crippen molar-refractivity contribution >= 4 is 29.2 Å². The van der Waals surface area contributed by atoms with Gasteiger partial charge in [0.25, 0.3) is 0 Å². The number of carbonyl (C=O) groups is 1. The van der Waals surface area contributed by atoms with E-state index in [0.717, 1.165) is 25.7 Å². The number of alkyl halides is 2. The van der Waals surface area contributed by atoms with Gasteiger partial charge in [-0.2, -0.15) is 0 Å². The molecule has 0 radical (unpaired) electrons. The summed E-state index contributed by atoms with van der Waals surface area (Å²) in [6.45, 7) is 0. The molecule has 0 heterocycles. The highest BCUT2D eigenvalue weighted by atomic mass is 35.5. The third kappa shape index (κ3) is 16.1. The van der Waals surface area contributed by atoms with Crippen molar-refractivity contribution in [2.75, 3.05) is 7.11 Å². The van der Waals surface area contributed by atoms with E-state index >= 15 is 0 Å². The van der Waals surface area contributed by atoms with Gasteiger partial charge in [-0.25, -0.2) is 0 Å². The second-order valence-corrected chi connectivity index (χ2v) is 6.67. The normalized spacial score (nSPS) is 11.0. The average molecular weight is 325 g/mol. The molecular weight excluding hydrogens is 295 g/mol. The molecule has 0 fully saturated rings. The zero-order valence-corrected chi connectivity index (χ0v) is 14.4. The second kappa shape index (κ2) is 15.4. The van der Waals surface area contributed by atoms with E-state index in [9.17, 15) is 4.79 Å². The number of hydrogen-bond acceptors (Lipinski definition) is 2. The molecular formula is C16H30Cl2O2. The van der Waals surface area contributed by atoms with Gasteiger partial charge in [-0.3, -0.25) is 4.79 Å². The molecule has 0 aliphatic heterocycles. The van der Waals surface area contributed by atoms with Gasteiger partial charge in [0, 0.05) is 6.42 Å². The molecule has 0 aromatic rings. The van der Waals surface area contributed by atoms with E-state index in [2.05, 4.69) is 4.74 Å². The molecule has 120 valence electrons. The minimum absolute atomic E-state index is 0.0837. The highest BCUT2D eigenvalue weighted by Crippen LogP contribution is 2.15. The van der Waals surface area contributed by atoms with E-state index in [1.807, 2.05) is 0 Å². The molecule has 0 bridgehead atoms. The van der Waals surface area contributed by atoms with Crippen LogP contribution in [0, 0.1) is 0 Å². The maximum Gasteiger partial charge on any atom is 0.305 e. The average Bonchev–Trinajstić information content (AvgIpc) is 2.43. The van der Waals surface area contributed by atoms with Crippen LogP contribution in [-0.4, -0.2) is 17.9 Å². The first kappa shape index (κ1) is 20.1. The van der Waals surface area contributed by atoms with Crippen LogP contribution in [0.1, 0.15) is 83.5 Å². The van der Waals surface area contributed by atoms with Crippen LogP contribution in [0.5, 0.6) is 0 Å². The highest BCUT2D eigenvalue weighted by Gasteiger charge is 1.99. The molecule has 0 aromatic heterocycles. The number of unbranched alkanes of at least 4 members (excludes halogenated alkanes) is 10. The summed E-state index contributed by atoms with van der Waals surface area (Å²) in [5.74, 6) is -0.0837. The van der Waals surface area contributed by atoms with Crippen LogP contribution in [0.15, 0.2) is 0 Å². The van der Waals surface area contributed by atoms with E-state index < -0.39 is 0 Å². The fourth-order valence-electron chi connectivity index (χ4n) is 2.26. The molecule has 0 atom stereocenters. The quantitative estimate of drug-likeness (QED) is 0.221. The Morgan fingerprint density at radius 3 is 1.60 bits per heavy atom. The predicted octanol–water partition coefficient (Wildman–Crippen LogP) is 6.03. The van der Waals surface area contributed by atoms with Gasteiger partial charge in [0.1, 0.15) is 4.84 Å². The molecule has 0 aliphatic carbocycles. The van der Waals surface area contributed by atoms with Crippen molar-refractivity contribution in [1.82, 2.24) is 0 Å². The lowest BCUT2D eigenvalue weighted by Crippen LogP contribution is -1.99. The van der Waals surface area contributed by atoms with Gasteiger partial charge < -0.3 is 4.74 Å². The first-order valence-electron chi connectivity index (χ1n) is 8.01. The minimum Gasteiger partial charge on any atom is -0.469 e. The van der Waals surface area contributed by atoms with E-state index in [1.54, 1.807) is 0 Å². The lowest BCUT2D eigenvalue weighted by molar-refractivity contribution is -0.140. The Bertz CT molecular complexity index is 221. The van der Waals surface area contributed by atoms with Crippen molar-refractivity contribution < 1.29 is 9.53 Å². The van der Waals surface area contributed by atoms with Crippen LogP contribution in [0.4, 0.5) is 0 Å². The minimum atomic E-state index is -0.186. The number of hydrogen-bond donors (Lipinski definition) is 0. The van der Waals surface area contributed by atoms with Gasteiger partial charge in [0.05, 0.1) is 7.11 Å². The van der Waals surface area contributed by atoms with E-state index in [0.29, 0.717) is 6.42 Å². The largest absolute Gasteiger partial charge is 0.469 e. The van der Waals surface area contributed by atoms with E-state index in [-0.39, 0.29) is 10.8 Å². The van der Waals surface area contributed by atoms with Crippen LogP contribution in [0.2, 0.25) is 0 Å². The van der Waals surface area contributed by atoms with E-state index in [1.165, 1.54) is 58.5 Å². The van der Waals surface area contributed by atoms with Crippen LogP contribution in [0.25, 0.3) is 0 Å². The Hall–Kier alpha value is 0.0500. The first-order chi connectivity index (χ1) is 9.66. The summed E-state index contributed by atoms with van der Waals surface area (Å²) < 4.78 is 4.61. The molecule has 4 heteroatoms. The number of esters is 1. The molecule has 0 N–H and O–H groups in total. The van der Waals surface area contributed by atoms with E-state index in [4.69, 9.17) is 23.2 Å². The smallest absolute Gasteiger partial charge is 0.305 e. The van der Waals surface area contributed by atoms with Crippen LogP contribution >= 0.6 is 23.2 Å². The number of halogens is 2. The molecule has 20 heavy (non-hydrogen) atoms. The fourth-order valence-corrected chi connectivity index (χ4v) is 2.57. The summed E-state index contributed by atoms with van der Waals surface area (Å²) in [5.41, 5.74) is 0. The van der Waals surface area contributed by atoms with Gasteiger partial charge in [0.15, 0.2) is 0 Å². The third-order valence-electron chi connectivity index (χ3n) is 3.53. The van der Waals surface area contributed by atoms with Crippen molar-refractivity contribution in [2.24, 2.45) is 0 Å². The second-order valence-electron chi connectivity index (χ2n) is 5.39. The number of ether oxygens (including phenoxy) is 1. The van der Waals surface area contributed by atoms with Crippen molar-refractivity contribution in [1.29, 1.82) is 0 Å². The topological polar surface area (TPSA) is 26.3 Å². The molecule has 0 aromatic carbocycles. The van der Waals surface area contributed by atoms with Gasteiger partial charge in [-0.1, -0.05) is 64.2 Å². The summed E-state index contributed by atoms with van der Waals surface area (Å²) in [7, 11) is 1.45. The Morgan fingerprint density at radius 1 is 0.800 bits per heavy atom. The van der Waals surface area contributed by atoms with Crippen molar-refractivity contribution in [3.8, 4) is 0 Å². The lowest BCUT2D eigenvalue weighted by Gasteiger charge is -2.03. The van der Waals surface area contributed by atoms with Crippen molar-refractivity contribution in [3.05, 3.63) is 0 Å². The summed E-state index contributed by atoms with van der Waals surface area (Å²) in [6.07, 6.45) is 15.2. The fraction of sp³-hybridized carbons (Fsp3) is 0.938. The van der Waals surface area contributed by atoms with Gasteiger partial charge >= 0.3 is 5.97 Å². The highest BCUT2D eigenvalue weighted by molar-refractivity contribution is 6.44. The standard InChI is InChI=1S/C16H30Cl2O2/c1-20-16(19)14-12-10-8-6-4-2-3-5-7-9-11-13-15(17)18/h15H,2-14H2,1H3. The third-order valence-corrected chi connectivity index (χ3v) is 3.97. The van der Waals surface area contributed by atoms with Crippen LogP contribution in [-0.2, 0) is 9.53 Å². The first-order valence-corrected chi connectivity index (χ1v) is 8.89. The SMILES string of the molecule is COC(=O)CCCCCCCCCCCCCC(Cl)Cl. The van der Waals surface area contributed by atoms with Gasteiger partial charge in [-0.15, -0.1) is 23.2 Å². The molecule has 0 saturated heterocycles. The zero-order valence-electron chi connectivity index (χ0n) is 12.8. The molecule has 2 nitrogen and oxygen atoms in total. The maximum absolute atomic E-state index is 10.9. The molecule has 0 unspecified atom stereocenters. The summed E-state index contributed by atoms with van der Waals surface area (Å²) in [4.78, 5) is 10.7. The molecule has 0 aliphatic rings. The Kier molecular flexibility index (Phi) is 15.5. The maximum atomic E-state index is 10.9. The number of rotatable bonds is 14. The Labute approximate surface area is 134 Å².